The minimum absolute atomic E-state index is 0.0312. The molecule has 2 N–H and O–H groups in total. The average Bonchev–Trinajstić information content (AvgIpc) is 2.72. The fraction of sp³-hybridized carbons (Fsp3) is 0.364. The van der Waals surface area contributed by atoms with E-state index in [0.29, 0.717) is 31.4 Å². The number of carbonyl (C=O) groups excluding carboxylic acids is 1. The molecule has 1 amide bonds. The summed E-state index contributed by atoms with van der Waals surface area (Å²) in [6.07, 6.45) is 0.906. The van der Waals surface area contributed by atoms with Crippen LogP contribution in [0.4, 0.5) is 9.18 Å². The van der Waals surface area contributed by atoms with Crippen LogP contribution < -0.4 is 0 Å². The number of carboxylic acid groups (broad SMARTS) is 1. The van der Waals surface area contributed by atoms with Gasteiger partial charge in [0, 0.05) is 19.6 Å². The largest absolute Gasteiger partial charge is 0.478 e. The van der Waals surface area contributed by atoms with Crippen LogP contribution in [-0.2, 0) is 10.3 Å². The van der Waals surface area contributed by atoms with Crippen LogP contribution in [0.3, 0.4) is 0 Å². The van der Waals surface area contributed by atoms with Crippen molar-refractivity contribution in [1.82, 2.24) is 4.90 Å². The zero-order valence-electron chi connectivity index (χ0n) is 16.2. The number of rotatable bonds is 7. The first-order chi connectivity index (χ1) is 13.9. The minimum atomic E-state index is -1.01. The van der Waals surface area contributed by atoms with Gasteiger partial charge in [0.25, 0.3) is 0 Å². The van der Waals surface area contributed by atoms with Gasteiger partial charge in [-0.05, 0) is 55.2 Å². The maximum atomic E-state index is 13.3. The molecule has 2 aromatic carbocycles. The van der Waals surface area contributed by atoms with Crippen molar-refractivity contribution in [3.8, 4) is 0 Å². The summed E-state index contributed by atoms with van der Waals surface area (Å²) in [6.45, 7) is 2.25. The molecule has 0 aliphatic carbocycles. The van der Waals surface area contributed by atoms with Crippen LogP contribution in [0.5, 0.6) is 0 Å². The second-order valence-corrected chi connectivity index (χ2v) is 7.24. The number of carbonyl (C=O) groups is 2. The second kappa shape index (κ2) is 8.61. The normalized spacial score (nSPS) is 20.2. The summed E-state index contributed by atoms with van der Waals surface area (Å²) in [5.74, 6) is -1.37. The standard InChI is InChI=1S/C22H24FNO5/c1-15(16-3-5-17(6-4-16)20(26)27)24-13-12-22(11-2-14-25,29-21(24)28)18-7-9-19(23)10-8-18/h3-10,15,25H,2,11-14H2,1H3,(H,26,27)/t15-,22+/m0/s1. The highest BCUT2D eigenvalue weighted by atomic mass is 19.1. The Morgan fingerprint density at radius 1 is 1.21 bits per heavy atom. The van der Waals surface area contributed by atoms with Crippen LogP contribution in [0.2, 0.25) is 0 Å². The number of ether oxygens (including phenoxy) is 1. The molecule has 6 nitrogen and oxygen atoms in total. The van der Waals surface area contributed by atoms with Crippen LogP contribution in [0.15, 0.2) is 48.5 Å². The summed E-state index contributed by atoms with van der Waals surface area (Å²) >= 11 is 0. The molecule has 0 unspecified atom stereocenters. The van der Waals surface area contributed by atoms with Crippen molar-refractivity contribution in [2.75, 3.05) is 13.2 Å². The minimum Gasteiger partial charge on any atom is -0.478 e. The number of hydrogen-bond acceptors (Lipinski definition) is 4. The Balaban J connectivity index is 1.80. The van der Waals surface area contributed by atoms with Gasteiger partial charge >= 0.3 is 12.1 Å². The molecule has 0 spiro atoms. The van der Waals surface area contributed by atoms with Crippen molar-refractivity contribution in [3.63, 3.8) is 0 Å². The van der Waals surface area contributed by atoms with E-state index < -0.39 is 17.7 Å². The lowest BCUT2D eigenvalue weighted by atomic mass is 9.84. The highest BCUT2D eigenvalue weighted by Crippen LogP contribution is 2.40. The molecule has 1 aliphatic heterocycles. The lowest BCUT2D eigenvalue weighted by Gasteiger charge is -2.43. The summed E-state index contributed by atoms with van der Waals surface area (Å²) in [7, 11) is 0. The van der Waals surface area contributed by atoms with E-state index in [2.05, 4.69) is 0 Å². The molecule has 1 aliphatic rings. The molecule has 0 saturated carbocycles. The van der Waals surface area contributed by atoms with Crippen LogP contribution >= 0.6 is 0 Å². The van der Waals surface area contributed by atoms with Gasteiger partial charge in [-0.15, -0.1) is 0 Å². The summed E-state index contributed by atoms with van der Waals surface area (Å²) in [5.41, 5.74) is 0.786. The second-order valence-electron chi connectivity index (χ2n) is 7.24. The van der Waals surface area contributed by atoms with Crippen molar-refractivity contribution < 1.29 is 28.9 Å². The Morgan fingerprint density at radius 2 is 1.86 bits per heavy atom. The number of aliphatic hydroxyl groups is 1. The average molecular weight is 401 g/mol. The number of aliphatic hydroxyl groups excluding tert-OH is 1. The Kier molecular flexibility index (Phi) is 6.17. The van der Waals surface area contributed by atoms with E-state index in [0.717, 1.165) is 5.56 Å². The molecule has 154 valence electrons. The van der Waals surface area contributed by atoms with Gasteiger partial charge in [-0.25, -0.2) is 14.0 Å². The number of cyclic esters (lactones) is 1. The van der Waals surface area contributed by atoms with Crippen molar-refractivity contribution in [1.29, 1.82) is 0 Å². The molecule has 3 rings (SSSR count). The van der Waals surface area contributed by atoms with Gasteiger partial charge < -0.3 is 19.8 Å². The third kappa shape index (κ3) is 4.40. The fourth-order valence-electron chi connectivity index (χ4n) is 3.75. The third-order valence-corrected chi connectivity index (χ3v) is 5.49. The SMILES string of the molecule is C[C@@H](c1ccc(C(=O)O)cc1)N1CC[C@](CCCO)(c2ccc(F)cc2)OC1=O. The molecule has 1 saturated heterocycles. The first-order valence-corrected chi connectivity index (χ1v) is 9.56. The van der Waals surface area contributed by atoms with Crippen LogP contribution in [0, 0.1) is 5.82 Å². The van der Waals surface area contributed by atoms with Gasteiger partial charge in [0.2, 0.25) is 0 Å². The zero-order chi connectivity index (χ0) is 21.0. The number of hydrogen-bond donors (Lipinski definition) is 2. The quantitative estimate of drug-likeness (QED) is 0.730. The van der Waals surface area contributed by atoms with Gasteiger partial charge in [-0.3, -0.25) is 0 Å². The smallest absolute Gasteiger partial charge is 0.411 e. The number of aromatic carboxylic acids is 1. The Labute approximate surface area is 168 Å². The highest BCUT2D eigenvalue weighted by Gasteiger charge is 2.43. The summed E-state index contributed by atoms with van der Waals surface area (Å²) < 4.78 is 19.2. The number of benzene rings is 2. The molecule has 7 heteroatoms. The molecular weight excluding hydrogens is 377 g/mol. The van der Waals surface area contributed by atoms with E-state index in [1.165, 1.54) is 24.3 Å². The molecule has 0 bridgehead atoms. The van der Waals surface area contributed by atoms with Crippen LogP contribution in [-0.4, -0.2) is 40.3 Å². The van der Waals surface area contributed by atoms with Crippen molar-refractivity contribution in [2.45, 2.75) is 37.8 Å². The lowest BCUT2D eigenvalue weighted by Crippen LogP contribution is -2.48. The van der Waals surface area contributed by atoms with Crippen molar-refractivity contribution in [2.24, 2.45) is 0 Å². The molecule has 2 atom stereocenters. The van der Waals surface area contributed by atoms with Crippen LogP contribution in [0.1, 0.15) is 53.7 Å². The summed E-state index contributed by atoms with van der Waals surface area (Å²) in [5, 5.41) is 18.3. The predicted molar refractivity (Wildman–Crippen MR) is 104 cm³/mol. The molecule has 0 aromatic heterocycles. The first-order valence-electron chi connectivity index (χ1n) is 9.56. The van der Waals surface area contributed by atoms with E-state index in [1.807, 2.05) is 6.92 Å². The third-order valence-electron chi connectivity index (χ3n) is 5.49. The van der Waals surface area contributed by atoms with E-state index in [-0.39, 0.29) is 24.0 Å². The van der Waals surface area contributed by atoms with E-state index >= 15 is 0 Å². The molecular formula is C22H24FNO5. The van der Waals surface area contributed by atoms with E-state index in [4.69, 9.17) is 9.84 Å². The van der Waals surface area contributed by atoms with Crippen molar-refractivity contribution in [3.05, 3.63) is 71.0 Å². The Hall–Kier alpha value is -2.93. The lowest BCUT2D eigenvalue weighted by molar-refractivity contribution is -0.0680. The number of halogens is 1. The molecule has 2 aromatic rings. The van der Waals surface area contributed by atoms with Crippen LogP contribution in [0.25, 0.3) is 0 Å². The maximum Gasteiger partial charge on any atom is 0.411 e. The first kappa shape index (κ1) is 20.8. The topological polar surface area (TPSA) is 87.1 Å². The van der Waals surface area contributed by atoms with Gasteiger partial charge in [-0.2, -0.15) is 0 Å². The Morgan fingerprint density at radius 3 is 2.41 bits per heavy atom. The highest BCUT2D eigenvalue weighted by molar-refractivity contribution is 5.87. The monoisotopic (exact) mass is 401 g/mol. The molecule has 1 heterocycles. The predicted octanol–water partition coefficient (Wildman–Crippen LogP) is 4.10. The number of carboxylic acids is 1. The Bertz CT molecular complexity index is 868. The van der Waals surface area contributed by atoms with Gasteiger partial charge in [0.05, 0.1) is 11.6 Å². The molecule has 1 fully saturated rings. The fourth-order valence-corrected chi connectivity index (χ4v) is 3.75. The number of nitrogens with zero attached hydrogens (tertiary/aromatic N) is 1. The molecule has 0 radical (unpaired) electrons. The maximum absolute atomic E-state index is 13.3. The van der Waals surface area contributed by atoms with Gasteiger partial charge in [0.1, 0.15) is 11.4 Å². The van der Waals surface area contributed by atoms with E-state index in [1.54, 1.807) is 29.2 Å². The zero-order valence-corrected chi connectivity index (χ0v) is 16.2. The summed E-state index contributed by atoms with van der Waals surface area (Å²) in [6, 6.07) is 12.0. The molecule has 29 heavy (non-hydrogen) atoms. The van der Waals surface area contributed by atoms with Gasteiger partial charge in [0.15, 0.2) is 0 Å². The summed E-state index contributed by atoms with van der Waals surface area (Å²) in [4.78, 5) is 25.5. The van der Waals surface area contributed by atoms with E-state index in [9.17, 15) is 19.1 Å². The van der Waals surface area contributed by atoms with Crippen molar-refractivity contribution >= 4 is 12.1 Å². The van der Waals surface area contributed by atoms with Gasteiger partial charge in [-0.1, -0.05) is 24.3 Å². The number of amides is 1.